The van der Waals surface area contributed by atoms with Crippen LogP contribution in [0.4, 0.5) is 0 Å². The van der Waals surface area contributed by atoms with Crippen LogP contribution >= 0.6 is 12.2 Å². The molecule has 0 aromatic carbocycles. The predicted octanol–water partition coefficient (Wildman–Crippen LogP) is 0.434. The number of thiocarbonyl (C=S) groups is 1. The zero-order chi connectivity index (χ0) is 8.27. The van der Waals surface area contributed by atoms with Crippen molar-refractivity contribution in [2.45, 2.75) is 12.8 Å². The first-order valence-corrected chi connectivity index (χ1v) is 3.83. The Bertz CT molecular complexity index is 241. The summed E-state index contributed by atoms with van der Waals surface area (Å²) in [6, 6.07) is 1.99. The van der Waals surface area contributed by atoms with E-state index in [0.717, 1.165) is 25.1 Å². The molecule has 0 amide bonds. The molecule has 1 fully saturated rings. The highest BCUT2D eigenvalue weighted by Crippen LogP contribution is 2.13. The molecular formula is C7H9N3S. The molecule has 0 spiro atoms. The summed E-state index contributed by atoms with van der Waals surface area (Å²) in [6.07, 6.45) is 1.95. The Hall–Kier alpha value is -1.08. The molecule has 0 aromatic heterocycles. The lowest BCUT2D eigenvalue weighted by molar-refractivity contribution is 0.903. The number of allylic oxidation sites excluding steroid dienone is 1. The molecule has 0 aromatic rings. The van der Waals surface area contributed by atoms with Crippen LogP contribution in [-0.4, -0.2) is 11.5 Å². The average molecular weight is 167 g/mol. The highest BCUT2D eigenvalue weighted by Gasteiger charge is 2.12. The van der Waals surface area contributed by atoms with Gasteiger partial charge < -0.3 is 11.1 Å². The maximum absolute atomic E-state index is 8.64. The number of nitrogens with one attached hydrogen (secondary N) is 1. The van der Waals surface area contributed by atoms with E-state index in [1.165, 1.54) is 0 Å². The van der Waals surface area contributed by atoms with Crippen LogP contribution < -0.4 is 11.1 Å². The van der Waals surface area contributed by atoms with Crippen LogP contribution in [-0.2, 0) is 0 Å². The molecule has 1 heterocycles. The van der Waals surface area contributed by atoms with Gasteiger partial charge in [-0.25, -0.2) is 0 Å². The van der Waals surface area contributed by atoms with Crippen LogP contribution in [0.2, 0.25) is 0 Å². The quantitative estimate of drug-likeness (QED) is 0.338. The van der Waals surface area contributed by atoms with E-state index >= 15 is 0 Å². The standard InChI is InChI=1S/C7H9N3S/c8-4-5(7(9)11)6-2-1-3-10-6/h10H,1-3H2,(H2,9,11). The van der Waals surface area contributed by atoms with Gasteiger partial charge in [0.25, 0.3) is 0 Å². The second-order valence-corrected chi connectivity index (χ2v) is 2.80. The first-order chi connectivity index (χ1) is 5.25. The molecule has 0 saturated carbocycles. The summed E-state index contributed by atoms with van der Waals surface area (Å²) in [5, 5.41) is 11.7. The SMILES string of the molecule is N#CC(C(N)=S)=C1CCCN1. The molecule has 1 aliphatic rings. The summed E-state index contributed by atoms with van der Waals surface area (Å²) in [5.74, 6) is 0. The van der Waals surface area contributed by atoms with E-state index in [1.807, 2.05) is 6.07 Å². The minimum Gasteiger partial charge on any atom is -0.389 e. The number of hydrogen-bond acceptors (Lipinski definition) is 3. The molecule has 0 radical (unpaired) electrons. The van der Waals surface area contributed by atoms with E-state index in [9.17, 15) is 0 Å². The van der Waals surface area contributed by atoms with Gasteiger partial charge in [0.2, 0.25) is 0 Å². The predicted molar refractivity (Wildman–Crippen MR) is 46.7 cm³/mol. The summed E-state index contributed by atoms with van der Waals surface area (Å²) in [4.78, 5) is 0.192. The van der Waals surface area contributed by atoms with Crippen molar-refractivity contribution in [1.82, 2.24) is 5.32 Å². The molecule has 0 bridgehead atoms. The molecule has 58 valence electrons. The van der Waals surface area contributed by atoms with Crippen LogP contribution in [0.1, 0.15) is 12.8 Å². The fraction of sp³-hybridized carbons (Fsp3) is 0.429. The second-order valence-electron chi connectivity index (χ2n) is 2.36. The van der Waals surface area contributed by atoms with Gasteiger partial charge in [0, 0.05) is 12.2 Å². The number of nitrogens with two attached hydrogens (primary N) is 1. The maximum atomic E-state index is 8.64. The van der Waals surface area contributed by atoms with E-state index < -0.39 is 0 Å². The Labute approximate surface area is 70.9 Å². The van der Waals surface area contributed by atoms with Gasteiger partial charge in [0.15, 0.2) is 0 Å². The van der Waals surface area contributed by atoms with Crippen LogP contribution in [0.3, 0.4) is 0 Å². The Morgan fingerprint density at radius 2 is 2.45 bits per heavy atom. The highest BCUT2D eigenvalue weighted by molar-refractivity contribution is 7.80. The first kappa shape index (κ1) is 8.02. The largest absolute Gasteiger partial charge is 0.389 e. The Morgan fingerprint density at radius 3 is 2.82 bits per heavy atom. The van der Waals surface area contributed by atoms with Crippen LogP contribution in [0, 0.1) is 11.3 Å². The van der Waals surface area contributed by atoms with Gasteiger partial charge in [-0.2, -0.15) is 5.26 Å². The van der Waals surface area contributed by atoms with Crippen molar-refractivity contribution in [3.05, 3.63) is 11.3 Å². The molecule has 1 aliphatic heterocycles. The number of hydrogen-bond donors (Lipinski definition) is 2. The Morgan fingerprint density at radius 1 is 1.73 bits per heavy atom. The lowest BCUT2D eigenvalue weighted by Gasteiger charge is -2.00. The van der Waals surface area contributed by atoms with Crippen molar-refractivity contribution >= 4 is 17.2 Å². The third-order valence-electron chi connectivity index (χ3n) is 1.60. The van der Waals surface area contributed by atoms with Crippen molar-refractivity contribution in [1.29, 1.82) is 5.26 Å². The van der Waals surface area contributed by atoms with Crippen molar-refractivity contribution in [3.8, 4) is 6.07 Å². The second kappa shape index (κ2) is 3.35. The van der Waals surface area contributed by atoms with Gasteiger partial charge in [-0.15, -0.1) is 0 Å². The van der Waals surface area contributed by atoms with Crippen molar-refractivity contribution in [2.24, 2.45) is 5.73 Å². The fourth-order valence-corrected chi connectivity index (χ4v) is 1.25. The minimum absolute atomic E-state index is 0.192. The average Bonchev–Trinajstić information content (AvgIpc) is 2.40. The van der Waals surface area contributed by atoms with Crippen LogP contribution in [0.15, 0.2) is 11.3 Å². The number of nitriles is 1. The van der Waals surface area contributed by atoms with E-state index in [4.69, 9.17) is 23.2 Å². The van der Waals surface area contributed by atoms with Gasteiger partial charge in [0.05, 0.1) is 0 Å². The van der Waals surface area contributed by atoms with Gasteiger partial charge in [-0.05, 0) is 12.8 Å². The zero-order valence-electron chi connectivity index (χ0n) is 6.05. The van der Waals surface area contributed by atoms with Crippen molar-refractivity contribution in [3.63, 3.8) is 0 Å². The van der Waals surface area contributed by atoms with Crippen molar-refractivity contribution in [2.75, 3.05) is 6.54 Å². The monoisotopic (exact) mass is 167 g/mol. The molecule has 1 rings (SSSR count). The molecule has 0 aliphatic carbocycles. The lowest BCUT2D eigenvalue weighted by Crippen LogP contribution is -2.16. The minimum atomic E-state index is 0.192. The molecule has 0 atom stereocenters. The molecule has 3 nitrogen and oxygen atoms in total. The van der Waals surface area contributed by atoms with Gasteiger partial charge in [-0.1, -0.05) is 12.2 Å². The fourth-order valence-electron chi connectivity index (χ4n) is 1.08. The van der Waals surface area contributed by atoms with E-state index in [0.29, 0.717) is 5.57 Å². The summed E-state index contributed by atoms with van der Waals surface area (Å²) in [7, 11) is 0. The molecule has 11 heavy (non-hydrogen) atoms. The molecule has 4 heteroatoms. The molecule has 1 saturated heterocycles. The van der Waals surface area contributed by atoms with Gasteiger partial charge >= 0.3 is 0 Å². The van der Waals surface area contributed by atoms with Crippen LogP contribution in [0.25, 0.3) is 0 Å². The summed E-state index contributed by atoms with van der Waals surface area (Å²) < 4.78 is 0. The van der Waals surface area contributed by atoms with E-state index in [-0.39, 0.29) is 4.99 Å². The topological polar surface area (TPSA) is 61.8 Å². The highest BCUT2D eigenvalue weighted by atomic mass is 32.1. The molecule has 3 N–H and O–H groups in total. The number of nitrogens with zero attached hydrogens (tertiary/aromatic N) is 1. The molecular weight excluding hydrogens is 158 g/mol. The van der Waals surface area contributed by atoms with Gasteiger partial charge in [-0.3, -0.25) is 0 Å². The normalized spacial score (nSPS) is 20.3. The third-order valence-corrected chi connectivity index (χ3v) is 1.81. The maximum Gasteiger partial charge on any atom is 0.116 e. The van der Waals surface area contributed by atoms with Gasteiger partial charge in [0.1, 0.15) is 16.6 Å². The van der Waals surface area contributed by atoms with Crippen LogP contribution in [0.5, 0.6) is 0 Å². The summed E-state index contributed by atoms with van der Waals surface area (Å²) in [6.45, 7) is 0.920. The zero-order valence-corrected chi connectivity index (χ0v) is 6.87. The summed E-state index contributed by atoms with van der Waals surface area (Å²) >= 11 is 4.71. The van der Waals surface area contributed by atoms with Crippen molar-refractivity contribution < 1.29 is 0 Å². The smallest absolute Gasteiger partial charge is 0.116 e. The Kier molecular flexibility index (Phi) is 2.44. The third kappa shape index (κ3) is 1.69. The van der Waals surface area contributed by atoms with E-state index in [1.54, 1.807) is 0 Å². The van der Waals surface area contributed by atoms with E-state index in [2.05, 4.69) is 5.32 Å². The lowest BCUT2D eigenvalue weighted by atomic mass is 10.2. The first-order valence-electron chi connectivity index (χ1n) is 3.42. The Balaban J connectivity index is 2.90. The summed E-state index contributed by atoms with van der Waals surface area (Å²) in [5.41, 5.74) is 6.68. The number of rotatable bonds is 1. The molecule has 0 unspecified atom stereocenters.